The van der Waals surface area contributed by atoms with Gasteiger partial charge < -0.3 is 0 Å². The first-order valence-corrected chi connectivity index (χ1v) is 17.0. The second-order valence-electron chi connectivity index (χ2n) is 13.0. The van der Waals surface area contributed by atoms with Crippen LogP contribution in [-0.2, 0) is 0 Å². The maximum atomic E-state index is 14.6. The Bertz CT molecular complexity index is 1220. The molecule has 1 fully saturated rings. The van der Waals surface area contributed by atoms with Crippen LogP contribution in [0.5, 0.6) is 0 Å². The van der Waals surface area contributed by atoms with E-state index in [0.29, 0.717) is 6.04 Å². The van der Waals surface area contributed by atoms with Crippen LogP contribution in [0.25, 0.3) is 0 Å². The van der Waals surface area contributed by atoms with Gasteiger partial charge >= 0.3 is 246 Å². The number of halogens is 3. The molecule has 0 amide bonds. The van der Waals surface area contributed by atoms with E-state index >= 15 is 0 Å². The van der Waals surface area contributed by atoms with Gasteiger partial charge in [-0.2, -0.15) is 0 Å². The van der Waals surface area contributed by atoms with E-state index in [-0.39, 0.29) is 28.5 Å². The quantitative estimate of drug-likeness (QED) is 0.187. The van der Waals surface area contributed by atoms with Gasteiger partial charge in [0.05, 0.1) is 0 Å². The van der Waals surface area contributed by atoms with Crippen molar-refractivity contribution in [2.24, 2.45) is 0 Å². The SMILES string of the molecule is C=C(CCCCC[PH](c1cccc(F)c1)(c1cccc(F)c1)c1cccc(F)c1)NC1CC(C)(C)N(C)C(C)(C)C1. The van der Waals surface area contributed by atoms with Crippen molar-refractivity contribution in [1.29, 1.82) is 0 Å². The Kier molecular flexibility index (Phi) is 9.71. The number of piperidine rings is 1. The Hall–Kier alpha value is -2.62. The number of allylic oxidation sites excluding steroid dienone is 1. The summed E-state index contributed by atoms with van der Waals surface area (Å²) in [4.78, 5) is 2.48. The molecule has 0 atom stereocenters. The van der Waals surface area contributed by atoms with Crippen molar-refractivity contribution in [2.45, 2.75) is 83.3 Å². The van der Waals surface area contributed by atoms with Crippen LogP contribution < -0.4 is 21.2 Å². The molecule has 6 heteroatoms. The molecule has 0 saturated carbocycles. The van der Waals surface area contributed by atoms with Crippen LogP contribution in [0, 0.1) is 17.5 Å². The fourth-order valence-corrected chi connectivity index (χ4v) is 11.9. The van der Waals surface area contributed by atoms with Gasteiger partial charge in [0.2, 0.25) is 0 Å². The molecule has 1 N–H and O–H groups in total. The number of likely N-dealkylation sites (tertiary alicyclic amines) is 1. The van der Waals surface area contributed by atoms with Crippen LogP contribution in [0.2, 0.25) is 0 Å². The van der Waals surface area contributed by atoms with E-state index in [2.05, 4.69) is 51.5 Å². The van der Waals surface area contributed by atoms with Crippen LogP contribution in [-0.4, -0.2) is 35.2 Å². The molecular formula is C35H46F3N2P. The molecule has 1 saturated heterocycles. The average Bonchev–Trinajstić information content (AvgIpc) is 2.89. The first-order valence-electron chi connectivity index (χ1n) is 14.8. The minimum atomic E-state index is -2.93. The number of hydrogen-bond acceptors (Lipinski definition) is 2. The molecule has 0 bridgehead atoms. The van der Waals surface area contributed by atoms with Crippen molar-refractivity contribution in [1.82, 2.24) is 10.2 Å². The topological polar surface area (TPSA) is 15.3 Å². The molecule has 3 aromatic rings. The molecule has 0 aliphatic carbocycles. The predicted molar refractivity (Wildman–Crippen MR) is 171 cm³/mol. The molecule has 3 aromatic carbocycles. The van der Waals surface area contributed by atoms with Gasteiger partial charge in [-0.05, 0) is 0 Å². The van der Waals surface area contributed by atoms with E-state index in [9.17, 15) is 13.2 Å². The van der Waals surface area contributed by atoms with E-state index in [4.69, 9.17) is 0 Å². The zero-order valence-corrected chi connectivity index (χ0v) is 26.2. The fraction of sp³-hybridized carbons (Fsp3) is 0.429. The summed E-state index contributed by atoms with van der Waals surface area (Å²) in [5.41, 5.74) is 1.28. The van der Waals surface area contributed by atoms with E-state index in [1.165, 1.54) is 18.2 Å². The summed E-state index contributed by atoms with van der Waals surface area (Å²) in [5, 5.41) is 6.20. The van der Waals surface area contributed by atoms with Gasteiger partial charge in [0.25, 0.3) is 0 Å². The summed E-state index contributed by atoms with van der Waals surface area (Å²) >= 11 is 0. The predicted octanol–water partition coefficient (Wildman–Crippen LogP) is 7.45. The van der Waals surface area contributed by atoms with Crippen LogP contribution in [0.4, 0.5) is 13.2 Å². The summed E-state index contributed by atoms with van der Waals surface area (Å²) in [7, 11) is -0.718. The van der Waals surface area contributed by atoms with Crippen molar-refractivity contribution in [3.63, 3.8) is 0 Å². The Balaban J connectivity index is 1.49. The van der Waals surface area contributed by atoms with Crippen molar-refractivity contribution in [2.75, 3.05) is 13.2 Å². The first kappa shape index (κ1) is 31.3. The number of benzene rings is 3. The molecule has 1 aliphatic heterocycles. The van der Waals surface area contributed by atoms with Gasteiger partial charge in [0, 0.05) is 0 Å². The zero-order valence-electron chi connectivity index (χ0n) is 25.2. The molecule has 0 radical (unpaired) electrons. The van der Waals surface area contributed by atoms with Crippen molar-refractivity contribution >= 4 is 23.2 Å². The van der Waals surface area contributed by atoms with Gasteiger partial charge in [0.1, 0.15) is 0 Å². The minimum absolute atomic E-state index is 0.110. The molecule has 222 valence electrons. The van der Waals surface area contributed by atoms with Crippen molar-refractivity contribution in [3.05, 3.63) is 103 Å². The standard InChI is InChI=1S/C35H46F3N2P/c1-26(39-30-24-34(2,3)40(6)35(4,5)25-30)13-8-7-9-20-41(31-17-10-14-27(36)21-31,32-18-11-15-28(37)22-32)33-19-12-16-29(38)23-33/h10-12,14-19,21-23,30,39,41H,1,7-9,13,20,24-25H2,2-6H3. The molecular weight excluding hydrogens is 536 g/mol. The van der Waals surface area contributed by atoms with Gasteiger partial charge in [-0.25, -0.2) is 0 Å². The molecule has 1 aliphatic rings. The third kappa shape index (κ3) is 7.24. The Morgan fingerprint density at radius 3 is 1.63 bits per heavy atom. The van der Waals surface area contributed by atoms with Gasteiger partial charge in [0.15, 0.2) is 0 Å². The summed E-state index contributed by atoms with van der Waals surface area (Å²) in [6, 6.07) is 20.2. The molecule has 0 spiro atoms. The van der Waals surface area contributed by atoms with Gasteiger partial charge in [-0.1, -0.05) is 0 Å². The van der Waals surface area contributed by atoms with Crippen molar-refractivity contribution < 1.29 is 13.2 Å². The summed E-state index contributed by atoms with van der Waals surface area (Å²) in [6.07, 6.45) is 6.49. The van der Waals surface area contributed by atoms with Crippen LogP contribution in [0.3, 0.4) is 0 Å². The fourth-order valence-electron chi connectivity index (χ4n) is 6.93. The Morgan fingerprint density at radius 1 is 0.780 bits per heavy atom. The van der Waals surface area contributed by atoms with Crippen LogP contribution in [0.1, 0.15) is 66.2 Å². The van der Waals surface area contributed by atoms with Gasteiger partial charge in [-0.3, -0.25) is 0 Å². The van der Waals surface area contributed by atoms with E-state index in [0.717, 1.165) is 66.3 Å². The molecule has 4 rings (SSSR count). The number of unbranched alkanes of at least 4 members (excludes halogenated alkanes) is 2. The normalized spacial score (nSPS) is 17.8. The third-order valence-corrected chi connectivity index (χ3v) is 14.2. The van der Waals surface area contributed by atoms with E-state index < -0.39 is 7.26 Å². The second kappa shape index (κ2) is 12.7. The molecule has 1 heterocycles. The Labute approximate surface area is 245 Å². The number of nitrogens with one attached hydrogen (secondary N) is 1. The van der Waals surface area contributed by atoms with Crippen LogP contribution >= 0.6 is 7.26 Å². The zero-order chi connectivity index (χ0) is 29.8. The van der Waals surface area contributed by atoms with Gasteiger partial charge in [-0.15, -0.1) is 0 Å². The summed E-state index contributed by atoms with van der Waals surface area (Å²) < 4.78 is 43.8. The number of rotatable bonds is 11. The molecule has 2 nitrogen and oxygen atoms in total. The second-order valence-corrected chi connectivity index (χ2v) is 17.1. The summed E-state index contributed by atoms with van der Waals surface area (Å²) in [6.45, 7) is 13.6. The average molecular weight is 583 g/mol. The summed E-state index contributed by atoms with van der Waals surface area (Å²) in [5.74, 6) is -1.01. The van der Waals surface area contributed by atoms with E-state index in [1.807, 2.05) is 18.2 Å². The van der Waals surface area contributed by atoms with E-state index in [1.54, 1.807) is 36.4 Å². The maximum absolute atomic E-state index is 14.6. The molecule has 41 heavy (non-hydrogen) atoms. The monoisotopic (exact) mass is 582 g/mol. The first-order chi connectivity index (χ1) is 19.3. The van der Waals surface area contributed by atoms with Crippen molar-refractivity contribution in [3.8, 4) is 0 Å². The number of hydrogen-bond donors (Lipinski definition) is 1. The Morgan fingerprint density at radius 2 is 1.22 bits per heavy atom. The van der Waals surface area contributed by atoms with Crippen LogP contribution in [0.15, 0.2) is 85.1 Å². The molecule has 0 unspecified atom stereocenters. The third-order valence-electron chi connectivity index (χ3n) is 9.20. The molecule has 0 aromatic heterocycles. The number of nitrogens with zero attached hydrogens (tertiary/aromatic N) is 1.